The fraction of sp³-hybridized carbons (Fsp3) is 0.647. The third-order valence-corrected chi connectivity index (χ3v) is 3.77. The van der Waals surface area contributed by atoms with Crippen LogP contribution >= 0.6 is 0 Å². The van der Waals surface area contributed by atoms with Crippen molar-refractivity contribution < 1.29 is 4.79 Å². The van der Waals surface area contributed by atoms with Crippen LogP contribution < -0.4 is 5.32 Å². The van der Waals surface area contributed by atoms with Gasteiger partial charge in [0, 0.05) is 36.8 Å². The molecule has 0 radical (unpaired) electrons. The maximum absolute atomic E-state index is 12.6. The summed E-state index contributed by atoms with van der Waals surface area (Å²) in [4.78, 5) is 19.1. The fourth-order valence-electron chi connectivity index (χ4n) is 2.30. The lowest BCUT2D eigenvalue weighted by atomic mass is 9.90. The largest absolute Gasteiger partial charge is 0.370 e. The van der Waals surface area contributed by atoms with Crippen molar-refractivity contribution in [2.45, 2.75) is 46.0 Å². The van der Waals surface area contributed by atoms with Crippen molar-refractivity contribution in [3.05, 3.63) is 23.4 Å². The molecule has 0 spiro atoms. The lowest BCUT2D eigenvalue weighted by Gasteiger charge is -2.22. The molecule has 0 unspecified atom stereocenters. The molecule has 0 aliphatic heterocycles. The van der Waals surface area contributed by atoms with Crippen LogP contribution in [0, 0.1) is 5.92 Å². The SMILES string of the molecule is CCNc1cc(C(=O)N(C)CC2CC2)cc(C(C)(C)C)n1. The number of carbonyl (C=O) groups is 1. The Morgan fingerprint density at radius 3 is 2.57 bits per heavy atom. The van der Waals surface area contributed by atoms with Crippen molar-refractivity contribution in [3.63, 3.8) is 0 Å². The maximum Gasteiger partial charge on any atom is 0.253 e. The highest BCUT2D eigenvalue weighted by Crippen LogP contribution is 2.30. The van der Waals surface area contributed by atoms with Gasteiger partial charge in [0.05, 0.1) is 0 Å². The van der Waals surface area contributed by atoms with E-state index in [1.165, 1.54) is 12.8 Å². The predicted molar refractivity (Wildman–Crippen MR) is 86.8 cm³/mol. The van der Waals surface area contributed by atoms with Crippen LogP contribution in [0.3, 0.4) is 0 Å². The summed E-state index contributed by atoms with van der Waals surface area (Å²) in [5, 5.41) is 3.23. The lowest BCUT2D eigenvalue weighted by molar-refractivity contribution is 0.0788. The van der Waals surface area contributed by atoms with E-state index in [-0.39, 0.29) is 11.3 Å². The number of anilines is 1. The number of hydrogen-bond donors (Lipinski definition) is 1. The van der Waals surface area contributed by atoms with Crippen LogP contribution in [0.2, 0.25) is 0 Å². The van der Waals surface area contributed by atoms with E-state index in [2.05, 4.69) is 31.1 Å². The van der Waals surface area contributed by atoms with E-state index in [0.717, 1.165) is 30.2 Å². The molecule has 1 amide bonds. The highest BCUT2D eigenvalue weighted by molar-refractivity contribution is 5.95. The Hall–Kier alpha value is -1.58. The molecule has 116 valence electrons. The van der Waals surface area contributed by atoms with Crippen molar-refractivity contribution in [3.8, 4) is 0 Å². The first kappa shape index (κ1) is 15.8. The summed E-state index contributed by atoms with van der Waals surface area (Å²) < 4.78 is 0. The van der Waals surface area contributed by atoms with E-state index in [4.69, 9.17) is 0 Å². The Morgan fingerprint density at radius 2 is 2.05 bits per heavy atom. The molecule has 0 saturated heterocycles. The number of nitrogens with zero attached hydrogens (tertiary/aromatic N) is 2. The van der Waals surface area contributed by atoms with Gasteiger partial charge in [0.15, 0.2) is 0 Å². The summed E-state index contributed by atoms with van der Waals surface area (Å²) in [7, 11) is 1.89. The lowest BCUT2D eigenvalue weighted by Crippen LogP contribution is -2.29. The van der Waals surface area contributed by atoms with E-state index in [1.54, 1.807) is 0 Å². The topological polar surface area (TPSA) is 45.2 Å². The van der Waals surface area contributed by atoms with Crippen molar-refractivity contribution in [2.75, 3.05) is 25.5 Å². The molecule has 21 heavy (non-hydrogen) atoms. The van der Waals surface area contributed by atoms with Crippen LogP contribution in [0.5, 0.6) is 0 Å². The second-order valence-corrected chi connectivity index (χ2v) is 7.04. The first-order valence-corrected chi connectivity index (χ1v) is 7.83. The maximum atomic E-state index is 12.6. The van der Waals surface area contributed by atoms with E-state index in [1.807, 2.05) is 31.0 Å². The second kappa shape index (κ2) is 6.04. The molecule has 4 heteroatoms. The Kier molecular flexibility index (Phi) is 4.55. The molecule has 1 fully saturated rings. The number of amides is 1. The molecule has 1 aromatic heterocycles. The van der Waals surface area contributed by atoms with Crippen LogP contribution in [-0.2, 0) is 5.41 Å². The quantitative estimate of drug-likeness (QED) is 0.904. The Bertz CT molecular complexity index is 515. The van der Waals surface area contributed by atoms with Gasteiger partial charge in [0.1, 0.15) is 5.82 Å². The van der Waals surface area contributed by atoms with E-state index in [0.29, 0.717) is 5.92 Å². The predicted octanol–water partition coefficient (Wildman–Crippen LogP) is 3.29. The van der Waals surface area contributed by atoms with Gasteiger partial charge >= 0.3 is 0 Å². The third kappa shape index (κ3) is 4.19. The van der Waals surface area contributed by atoms with Gasteiger partial charge in [-0.1, -0.05) is 20.8 Å². The molecule has 4 nitrogen and oxygen atoms in total. The monoisotopic (exact) mass is 289 g/mol. The second-order valence-electron chi connectivity index (χ2n) is 7.04. The molecule has 1 aliphatic carbocycles. The van der Waals surface area contributed by atoms with Gasteiger partial charge in [0.25, 0.3) is 5.91 Å². The minimum absolute atomic E-state index is 0.0739. The van der Waals surface area contributed by atoms with Gasteiger partial charge in [-0.15, -0.1) is 0 Å². The summed E-state index contributed by atoms with van der Waals surface area (Å²) in [6, 6.07) is 3.80. The molecule has 2 rings (SSSR count). The number of nitrogens with one attached hydrogen (secondary N) is 1. The van der Waals surface area contributed by atoms with Crippen molar-refractivity contribution in [1.82, 2.24) is 9.88 Å². The number of rotatable bonds is 5. The van der Waals surface area contributed by atoms with Gasteiger partial charge in [-0.2, -0.15) is 0 Å². The summed E-state index contributed by atoms with van der Waals surface area (Å²) in [6.07, 6.45) is 2.51. The molecule has 1 aliphatic rings. The summed E-state index contributed by atoms with van der Waals surface area (Å²) in [5.74, 6) is 1.58. The van der Waals surface area contributed by atoms with Gasteiger partial charge < -0.3 is 10.2 Å². The molecule has 0 bridgehead atoms. The molecule has 1 heterocycles. The van der Waals surface area contributed by atoms with E-state index < -0.39 is 0 Å². The third-order valence-electron chi connectivity index (χ3n) is 3.77. The smallest absolute Gasteiger partial charge is 0.253 e. The van der Waals surface area contributed by atoms with Gasteiger partial charge in [-0.3, -0.25) is 4.79 Å². The molecule has 1 saturated carbocycles. The van der Waals surface area contributed by atoms with Crippen LogP contribution in [-0.4, -0.2) is 35.9 Å². The average Bonchev–Trinajstić information content (AvgIpc) is 3.20. The average molecular weight is 289 g/mol. The Morgan fingerprint density at radius 1 is 1.38 bits per heavy atom. The highest BCUT2D eigenvalue weighted by Gasteiger charge is 2.26. The molecular weight excluding hydrogens is 262 g/mol. The number of carbonyl (C=O) groups excluding carboxylic acids is 1. The summed E-state index contributed by atoms with van der Waals surface area (Å²) >= 11 is 0. The minimum Gasteiger partial charge on any atom is -0.370 e. The number of pyridine rings is 1. The van der Waals surface area contributed by atoms with Gasteiger partial charge in [0.2, 0.25) is 0 Å². The molecule has 0 aromatic carbocycles. The standard InChI is InChI=1S/C17H27N3O/c1-6-18-15-10-13(9-14(19-15)17(2,3)4)16(21)20(5)11-12-7-8-12/h9-10,12H,6-8,11H2,1-5H3,(H,18,19). The summed E-state index contributed by atoms with van der Waals surface area (Å²) in [6.45, 7) is 10.1. The fourth-order valence-corrected chi connectivity index (χ4v) is 2.30. The van der Waals surface area contributed by atoms with Crippen LogP contribution in [0.4, 0.5) is 5.82 Å². The zero-order valence-corrected chi connectivity index (χ0v) is 13.9. The van der Waals surface area contributed by atoms with Gasteiger partial charge in [-0.25, -0.2) is 4.98 Å². The highest BCUT2D eigenvalue weighted by atomic mass is 16.2. The van der Waals surface area contributed by atoms with Crippen LogP contribution in [0.1, 0.15) is 56.6 Å². The van der Waals surface area contributed by atoms with Crippen molar-refractivity contribution in [1.29, 1.82) is 0 Å². The molecule has 0 atom stereocenters. The Labute approximate surface area is 127 Å². The number of hydrogen-bond acceptors (Lipinski definition) is 3. The van der Waals surface area contributed by atoms with E-state index in [9.17, 15) is 4.79 Å². The van der Waals surface area contributed by atoms with Crippen molar-refractivity contribution >= 4 is 11.7 Å². The normalized spacial score (nSPS) is 14.9. The Balaban J connectivity index is 2.27. The number of aromatic nitrogens is 1. The zero-order chi connectivity index (χ0) is 15.6. The first-order valence-electron chi connectivity index (χ1n) is 7.83. The minimum atomic E-state index is -0.0739. The van der Waals surface area contributed by atoms with E-state index >= 15 is 0 Å². The molecule has 1 N–H and O–H groups in total. The molecule has 1 aromatic rings. The zero-order valence-electron chi connectivity index (χ0n) is 13.9. The van der Waals surface area contributed by atoms with Crippen molar-refractivity contribution in [2.24, 2.45) is 5.92 Å². The van der Waals surface area contributed by atoms with Crippen LogP contribution in [0.15, 0.2) is 12.1 Å². The van der Waals surface area contributed by atoms with Gasteiger partial charge in [-0.05, 0) is 37.8 Å². The first-order chi connectivity index (χ1) is 9.81. The summed E-state index contributed by atoms with van der Waals surface area (Å²) in [5.41, 5.74) is 1.60. The van der Waals surface area contributed by atoms with Crippen LogP contribution in [0.25, 0.3) is 0 Å². The molecular formula is C17H27N3O.